The minimum Gasteiger partial charge on any atom is -0.296 e. The van der Waals surface area contributed by atoms with Crippen molar-refractivity contribution in [1.29, 1.82) is 0 Å². The van der Waals surface area contributed by atoms with E-state index in [0.717, 1.165) is 22.8 Å². The van der Waals surface area contributed by atoms with Crippen LogP contribution in [-0.4, -0.2) is 28.0 Å². The van der Waals surface area contributed by atoms with Gasteiger partial charge in [0.1, 0.15) is 0 Å². The Balaban J connectivity index is 1.50. The lowest BCUT2D eigenvalue weighted by atomic mass is 10.0. The van der Waals surface area contributed by atoms with E-state index >= 15 is 0 Å². The topological polar surface area (TPSA) is 65.5 Å². The molecule has 0 radical (unpaired) electrons. The number of carbonyl (C=O) groups excluding carboxylic acids is 1. The van der Waals surface area contributed by atoms with Crippen molar-refractivity contribution in [3.05, 3.63) is 88.9 Å². The van der Waals surface area contributed by atoms with E-state index in [4.69, 9.17) is 10.2 Å². The van der Waals surface area contributed by atoms with Gasteiger partial charge in [0, 0.05) is 13.1 Å². The summed E-state index contributed by atoms with van der Waals surface area (Å²) >= 11 is 1.30. The maximum absolute atomic E-state index is 11.6. The molecule has 0 saturated heterocycles. The largest absolute Gasteiger partial charge is 0.296 e. The number of thiophene rings is 1. The van der Waals surface area contributed by atoms with Gasteiger partial charge in [0.2, 0.25) is 0 Å². The van der Waals surface area contributed by atoms with E-state index in [9.17, 15) is 4.79 Å². The predicted octanol–water partition coefficient (Wildman–Crippen LogP) is 4.71. The lowest BCUT2D eigenvalue weighted by Crippen LogP contribution is -2.18. The Morgan fingerprint density at radius 2 is 1.79 bits per heavy atom. The van der Waals surface area contributed by atoms with E-state index in [2.05, 4.69) is 54.4 Å². The van der Waals surface area contributed by atoms with Crippen molar-refractivity contribution < 1.29 is 10.0 Å². The number of hydrogen-bond donors (Lipinski definition) is 2. The van der Waals surface area contributed by atoms with Crippen LogP contribution < -0.4 is 5.48 Å². The molecule has 5 nitrogen and oxygen atoms in total. The first-order valence-corrected chi connectivity index (χ1v) is 10.1. The molecule has 4 rings (SSSR count). The van der Waals surface area contributed by atoms with E-state index in [0.29, 0.717) is 11.4 Å². The van der Waals surface area contributed by atoms with Gasteiger partial charge in [-0.2, -0.15) is 0 Å². The van der Waals surface area contributed by atoms with Crippen LogP contribution in [0, 0.1) is 0 Å². The highest BCUT2D eigenvalue weighted by atomic mass is 32.1. The van der Waals surface area contributed by atoms with Crippen molar-refractivity contribution in [3.63, 3.8) is 0 Å². The minimum absolute atomic E-state index is 0.447. The molecule has 0 aliphatic carbocycles. The van der Waals surface area contributed by atoms with Crippen molar-refractivity contribution >= 4 is 28.0 Å². The number of rotatable bonds is 6. The second-order valence-electron chi connectivity index (χ2n) is 6.93. The quantitative estimate of drug-likeness (QED) is 0.361. The predicted molar refractivity (Wildman–Crippen MR) is 116 cm³/mol. The van der Waals surface area contributed by atoms with Crippen molar-refractivity contribution in [3.8, 4) is 10.6 Å². The van der Waals surface area contributed by atoms with Crippen LogP contribution in [0.25, 0.3) is 21.3 Å². The van der Waals surface area contributed by atoms with Gasteiger partial charge in [0.25, 0.3) is 5.91 Å². The fraction of sp³-hybridized carbons (Fsp3) is 0.130. The van der Waals surface area contributed by atoms with Crippen LogP contribution in [-0.2, 0) is 13.1 Å². The first-order chi connectivity index (χ1) is 14.1. The maximum Gasteiger partial charge on any atom is 0.284 e. The number of benzene rings is 2. The third-order valence-electron chi connectivity index (χ3n) is 4.74. The Hall–Kier alpha value is -3.06. The van der Waals surface area contributed by atoms with E-state index < -0.39 is 5.91 Å². The molecule has 2 N–H and O–H groups in total. The van der Waals surface area contributed by atoms with Crippen molar-refractivity contribution in [2.75, 3.05) is 7.05 Å². The molecule has 0 aliphatic rings. The summed E-state index contributed by atoms with van der Waals surface area (Å²) in [7, 11) is 2.09. The third kappa shape index (κ3) is 4.35. The van der Waals surface area contributed by atoms with E-state index in [-0.39, 0.29) is 0 Å². The second-order valence-corrected chi connectivity index (χ2v) is 8.01. The molecule has 2 heterocycles. The smallest absolute Gasteiger partial charge is 0.284 e. The number of amides is 1. The van der Waals surface area contributed by atoms with Gasteiger partial charge in [-0.05, 0) is 47.6 Å². The average molecular weight is 404 g/mol. The van der Waals surface area contributed by atoms with Crippen LogP contribution in [0.3, 0.4) is 0 Å². The molecule has 0 saturated carbocycles. The Morgan fingerprint density at radius 1 is 1.00 bits per heavy atom. The van der Waals surface area contributed by atoms with E-state index in [1.807, 2.05) is 24.3 Å². The average Bonchev–Trinajstić information content (AvgIpc) is 3.24. The first kappa shape index (κ1) is 19.3. The molecule has 1 amide bonds. The number of nitrogens with zero attached hydrogens (tertiary/aromatic N) is 2. The summed E-state index contributed by atoms with van der Waals surface area (Å²) in [6.07, 6.45) is 0. The van der Waals surface area contributed by atoms with Gasteiger partial charge < -0.3 is 0 Å². The summed E-state index contributed by atoms with van der Waals surface area (Å²) < 4.78 is 0. The third-order valence-corrected chi connectivity index (χ3v) is 5.85. The monoisotopic (exact) mass is 403 g/mol. The standard InChI is InChI=1S/C23H21N3O2S/c1-26(14-17-8-4-7-16-6-2-3-10-19(16)17)15-18-9-5-11-20(24-18)21-12-13-22(29-21)23(27)25-28/h2-13,28H,14-15H2,1H3,(H,25,27). The van der Waals surface area contributed by atoms with Crippen molar-refractivity contribution in [1.82, 2.24) is 15.4 Å². The number of nitrogens with one attached hydrogen (secondary N) is 1. The minimum atomic E-state index is -0.507. The van der Waals surface area contributed by atoms with Crippen LogP contribution in [0.4, 0.5) is 0 Å². The zero-order valence-corrected chi connectivity index (χ0v) is 16.8. The first-order valence-electron chi connectivity index (χ1n) is 9.30. The highest BCUT2D eigenvalue weighted by Gasteiger charge is 2.11. The van der Waals surface area contributed by atoms with E-state index in [1.165, 1.54) is 27.7 Å². The lowest BCUT2D eigenvalue weighted by molar-refractivity contribution is 0.0711. The van der Waals surface area contributed by atoms with Gasteiger partial charge in [0.15, 0.2) is 0 Å². The fourth-order valence-electron chi connectivity index (χ4n) is 3.41. The molecule has 29 heavy (non-hydrogen) atoms. The highest BCUT2D eigenvalue weighted by Crippen LogP contribution is 2.27. The molecule has 0 spiro atoms. The summed E-state index contributed by atoms with van der Waals surface area (Å²) in [4.78, 5) is 19.9. The summed E-state index contributed by atoms with van der Waals surface area (Å²) in [6.45, 7) is 1.54. The Morgan fingerprint density at radius 3 is 2.66 bits per heavy atom. The summed E-state index contributed by atoms with van der Waals surface area (Å²) in [5.74, 6) is -0.507. The van der Waals surface area contributed by atoms with E-state index in [1.54, 1.807) is 11.5 Å². The molecule has 0 atom stereocenters. The maximum atomic E-state index is 11.6. The highest BCUT2D eigenvalue weighted by molar-refractivity contribution is 7.17. The number of hydroxylamine groups is 1. The number of pyridine rings is 1. The van der Waals surface area contributed by atoms with Gasteiger partial charge in [-0.3, -0.25) is 19.9 Å². The second kappa shape index (κ2) is 8.53. The molecule has 0 unspecified atom stereocenters. The molecule has 4 aromatic rings. The Bertz CT molecular complexity index is 1150. The fourth-order valence-corrected chi connectivity index (χ4v) is 4.28. The molecule has 146 valence electrons. The van der Waals surface area contributed by atoms with Gasteiger partial charge in [-0.15, -0.1) is 11.3 Å². The number of carbonyl (C=O) groups is 1. The summed E-state index contributed by atoms with van der Waals surface area (Å²) in [6, 6.07) is 24.3. The number of aromatic nitrogens is 1. The zero-order valence-electron chi connectivity index (χ0n) is 16.0. The molecular weight excluding hydrogens is 382 g/mol. The normalized spacial score (nSPS) is 11.1. The van der Waals surface area contributed by atoms with Crippen LogP contribution in [0.1, 0.15) is 20.9 Å². The van der Waals surface area contributed by atoms with Gasteiger partial charge >= 0.3 is 0 Å². The van der Waals surface area contributed by atoms with Gasteiger partial charge in [-0.1, -0.05) is 48.5 Å². The molecule has 0 bridgehead atoms. The number of fused-ring (bicyclic) bond motifs is 1. The zero-order chi connectivity index (χ0) is 20.2. The number of hydrogen-bond acceptors (Lipinski definition) is 5. The Labute approximate surface area is 173 Å². The lowest BCUT2D eigenvalue weighted by Gasteiger charge is -2.18. The van der Waals surface area contributed by atoms with Crippen molar-refractivity contribution in [2.24, 2.45) is 0 Å². The molecule has 2 aromatic carbocycles. The van der Waals surface area contributed by atoms with Crippen molar-refractivity contribution in [2.45, 2.75) is 13.1 Å². The van der Waals surface area contributed by atoms with Crippen LogP contribution in [0.15, 0.2) is 72.8 Å². The summed E-state index contributed by atoms with van der Waals surface area (Å²) in [5.41, 5.74) is 4.74. The molecule has 2 aromatic heterocycles. The SMILES string of the molecule is CN(Cc1cccc(-c2ccc(C(=O)NO)s2)n1)Cc1cccc2ccccc12. The van der Waals surface area contributed by atoms with Gasteiger partial charge in [0.05, 0.1) is 21.1 Å². The van der Waals surface area contributed by atoms with Crippen LogP contribution in [0.5, 0.6) is 0 Å². The van der Waals surface area contributed by atoms with Gasteiger partial charge in [-0.25, -0.2) is 5.48 Å². The van der Waals surface area contributed by atoms with Crippen LogP contribution in [0.2, 0.25) is 0 Å². The van der Waals surface area contributed by atoms with Crippen LogP contribution >= 0.6 is 11.3 Å². The molecular formula is C23H21N3O2S. The molecule has 0 fully saturated rings. The molecule has 0 aliphatic heterocycles. The summed E-state index contributed by atoms with van der Waals surface area (Å²) in [5, 5.41) is 11.3. The Kier molecular flexibility index (Phi) is 5.67. The molecule has 6 heteroatoms.